The van der Waals surface area contributed by atoms with Crippen molar-refractivity contribution in [3.8, 4) is 0 Å². The molecule has 4 aromatic rings. The number of hydrogen-bond donors (Lipinski definition) is 3. The number of urea groups is 1. The Labute approximate surface area is 250 Å². The number of fused-ring (bicyclic) bond motifs is 1. The molecule has 5 rings (SSSR count). The summed E-state index contributed by atoms with van der Waals surface area (Å²) in [4.78, 5) is 43.0. The Morgan fingerprint density at radius 3 is 2.40 bits per heavy atom. The summed E-state index contributed by atoms with van der Waals surface area (Å²) in [5.41, 5.74) is 3.17. The van der Waals surface area contributed by atoms with Crippen LogP contribution in [0.25, 0.3) is 10.8 Å². The van der Waals surface area contributed by atoms with Gasteiger partial charge >= 0.3 is 6.03 Å². The first-order valence-electron chi connectivity index (χ1n) is 14.2. The first-order valence-corrected chi connectivity index (χ1v) is 14.5. The maximum Gasteiger partial charge on any atom is 0.317 e. The molecular weight excluding hydrogens is 550 g/mol. The average Bonchev–Trinajstić information content (AvgIpc) is 3.26. The predicted molar refractivity (Wildman–Crippen MR) is 168 cm³/mol. The van der Waals surface area contributed by atoms with Crippen LogP contribution in [0.3, 0.4) is 0 Å². The molecule has 0 aliphatic carbocycles. The van der Waals surface area contributed by atoms with Gasteiger partial charge < -0.3 is 25.8 Å². The van der Waals surface area contributed by atoms with E-state index in [2.05, 4.69) is 20.9 Å². The molecule has 3 N–H and O–H groups in total. The Kier molecular flexibility index (Phi) is 9.24. The van der Waals surface area contributed by atoms with E-state index in [9.17, 15) is 14.4 Å². The summed E-state index contributed by atoms with van der Waals surface area (Å²) in [6.07, 6.45) is 0.770. The van der Waals surface area contributed by atoms with Crippen molar-refractivity contribution in [2.45, 2.75) is 19.9 Å². The summed E-state index contributed by atoms with van der Waals surface area (Å²) in [5, 5.41) is 11.6. The Balaban J connectivity index is 1.39. The maximum atomic E-state index is 13.3. The van der Waals surface area contributed by atoms with E-state index >= 15 is 0 Å². The van der Waals surface area contributed by atoms with Crippen molar-refractivity contribution in [2.24, 2.45) is 0 Å². The van der Waals surface area contributed by atoms with Crippen molar-refractivity contribution in [3.63, 3.8) is 0 Å². The van der Waals surface area contributed by atoms with Crippen LogP contribution in [-0.2, 0) is 6.54 Å². The highest BCUT2D eigenvalue weighted by atomic mass is 35.5. The predicted octanol–water partition coefficient (Wildman–Crippen LogP) is 5.92. The summed E-state index contributed by atoms with van der Waals surface area (Å²) < 4.78 is 0. The lowest BCUT2D eigenvalue weighted by Crippen LogP contribution is -2.42. The van der Waals surface area contributed by atoms with Gasteiger partial charge in [-0.3, -0.25) is 9.59 Å². The van der Waals surface area contributed by atoms with Crippen LogP contribution in [0.15, 0.2) is 84.9 Å². The second-order valence-corrected chi connectivity index (χ2v) is 10.6. The minimum atomic E-state index is -0.328. The van der Waals surface area contributed by atoms with Crippen molar-refractivity contribution in [1.82, 2.24) is 15.5 Å². The fraction of sp³-hybridized carbons (Fsp3) is 0.242. The maximum absolute atomic E-state index is 13.3. The van der Waals surface area contributed by atoms with Crippen LogP contribution in [-0.4, -0.2) is 55.5 Å². The minimum Gasteiger partial charge on any atom is -0.368 e. The molecule has 1 saturated heterocycles. The smallest absolute Gasteiger partial charge is 0.317 e. The van der Waals surface area contributed by atoms with E-state index in [4.69, 9.17) is 11.6 Å². The molecule has 1 fully saturated rings. The highest BCUT2D eigenvalue weighted by Crippen LogP contribution is 2.29. The number of rotatable bonds is 7. The molecule has 9 heteroatoms. The summed E-state index contributed by atoms with van der Waals surface area (Å²) in [6.45, 7) is 5.31. The van der Waals surface area contributed by atoms with Gasteiger partial charge in [-0.2, -0.15) is 0 Å². The highest BCUT2D eigenvalue weighted by Gasteiger charge is 2.22. The van der Waals surface area contributed by atoms with E-state index in [1.54, 1.807) is 36.4 Å². The van der Waals surface area contributed by atoms with E-state index in [0.29, 0.717) is 61.1 Å². The lowest BCUT2D eigenvalue weighted by Gasteiger charge is -2.26. The van der Waals surface area contributed by atoms with Gasteiger partial charge in [0.05, 0.1) is 11.4 Å². The van der Waals surface area contributed by atoms with Crippen LogP contribution in [0.1, 0.15) is 39.6 Å². The molecular formula is C33H34ClN5O3. The van der Waals surface area contributed by atoms with Crippen LogP contribution in [0.4, 0.5) is 16.2 Å². The molecule has 42 heavy (non-hydrogen) atoms. The van der Waals surface area contributed by atoms with Crippen LogP contribution in [0.5, 0.6) is 0 Å². The monoisotopic (exact) mass is 583 g/mol. The van der Waals surface area contributed by atoms with Gasteiger partial charge in [0.1, 0.15) is 0 Å². The Morgan fingerprint density at radius 1 is 0.786 bits per heavy atom. The highest BCUT2D eigenvalue weighted by molar-refractivity contribution is 6.31. The zero-order chi connectivity index (χ0) is 29.5. The largest absolute Gasteiger partial charge is 0.368 e. The summed E-state index contributed by atoms with van der Waals surface area (Å²) in [7, 11) is 0. The van der Waals surface area contributed by atoms with E-state index in [0.717, 1.165) is 28.4 Å². The molecule has 0 saturated carbocycles. The molecule has 1 aliphatic rings. The van der Waals surface area contributed by atoms with Gasteiger partial charge in [-0.15, -0.1) is 0 Å². The van der Waals surface area contributed by atoms with Gasteiger partial charge in [-0.25, -0.2) is 4.79 Å². The van der Waals surface area contributed by atoms with Crippen molar-refractivity contribution in [3.05, 3.63) is 107 Å². The number of anilines is 2. The number of halogens is 1. The quantitative estimate of drug-likeness (QED) is 0.252. The molecule has 1 heterocycles. The number of hydrogen-bond acceptors (Lipinski definition) is 4. The number of carbonyl (C=O) groups is 3. The lowest BCUT2D eigenvalue weighted by atomic mass is 10.0. The van der Waals surface area contributed by atoms with E-state index in [1.165, 1.54) is 0 Å². The number of amides is 4. The summed E-state index contributed by atoms with van der Waals surface area (Å²) >= 11 is 6.13. The van der Waals surface area contributed by atoms with Gasteiger partial charge in [0.2, 0.25) is 0 Å². The second-order valence-electron chi connectivity index (χ2n) is 10.2. The first-order chi connectivity index (χ1) is 20.4. The third-order valence-electron chi connectivity index (χ3n) is 7.36. The van der Waals surface area contributed by atoms with Gasteiger partial charge in [-0.05, 0) is 66.1 Å². The third kappa shape index (κ3) is 6.83. The number of carbonyl (C=O) groups excluding carboxylic acids is 3. The zero-order valence-electron chi connectivity index (χ0n) is 23.5. The SMILES string of the molecule is CCNC(=O)N1CCCN(c2ccc(C(=O)NCc3cccc4ccccc34)cc2NC(=O)c2cccc(Cl)c2)CC1. The van der Waals surface area contributed by atoms with Gasteiger partial charge in [0, 0.05) is 55.4 Å². The van der Waals surface area contributed by atoms with Gasteiger partial charge in [-0.1, -0.05) is 60.1 Å². The normalized spacial score (nSPS) is 13.4. The van der Waals surface area contributed by atoms with E-state index < -0.39 is 0 Å². The van der Waals surface area contributed by atoms with Crippen LogP contribution in [0, 0.1) is 0 Å². The molecule has 1 aliphatic heterocycles. The molecule has 0 spiro atoms. The van der Waals surface area contributed by atoms with Crippen molar-refractivity contribution >= 4 is 51.6 Å². The fourth-order valence-electron chi connectivity index (χ4n) is 5.23. The Hall–Kier alpha value is -4.56. The molecule has 8 nitrogen and oxygen atoms in total. The second kappa shape index (κ2) is 13.4. The van der Waals surface area contributed by atoms with Crippen LogP contribution < -0.4 is 20.9 Å². The van der Waals surface area contributed by atoms with Gasteiger partial charge in [0.15, 0.2) is 0 Å². The number of nitrogens with zero attached hydrogens (tertiary/aromatic N) is 2. The zero-order valence-corrected chi connectivity index (χ0v) is 24.3. The standard InChI is InChI=1S/C33H34ClN5O3/c1-2-35-33(42)39-17-7-16-38(18-19-39)30-15-14-25(21-29(30)37-32(41)24-10-6-12-27(34)20-24)31(40)36-22-26-11-5-9-23-8-3-4-13-28(23)26/h3-6,8-15,20-21H,2,7,16-19,22H2,1H3,(H,35,42)(H,36,40)(H,37,41). The number of nitrogens with one attached hydrogen (secondary N) is 3. The molecule has 216 valence electrons. The fourth-order valence-corrected chi connectivity index (χ4v) is 5.42. The average molecular weight is 584 g/mol. The first kappa shape index (κ1) is 29.0. The molecule has 0 aromatic heterocycles. The Morgan fingerprint density at radius 2 is 1.57 bits per heavy atom. The number of benzene rings is 4. The van der Waals surface area contributed by atoms with Gasteiger partial charge in [0.25, 0.3) is 11.8 Å². The Bertz CT molecular complexity index is 1600. The third-order valence-corrected chi connectivity index (χ3v) is 7.60. The molecule has 4 aromatic carbocycles. The minimum absolute atomic E-state index is 0.0768. The summed E-state index contributed by atoms with van der Waals surface area (Å²) in [6, 6.07) is 26.1. The molecule has 0 bridgehead atoms. The summed E-state index contributed by atoms with van der Waals surface area (Å²) in [5.74, 6) is -0.572. The van der Waals surface area contributed by atoms with Crippen LogP contribution in [0.2, 0.25) is 5.02 Å². The van der Waals surface area contributed by atoms with Crippen molar-refractivity contribution in [2.75, 3.05) is 42.9 Å². The molecule has 0 unspecified atom stereocenters. The van der Waals surface area contributed by atoms with Crippen molar-refractivity contribution in [1.29, 1.82) is 0 Å². The van der Waals surface area contributed by atoms with Crippen LogP contribution >= 0.6 is 11.6 Å². The lowest BCUT2D eigenvalue weighted by molar-refractivity contribution is 0.0949. The molecule has 0 radical (unpaired) electrons. The van der Waals surface area contributed by atoms with E-state index in [-0.39, 0.29) is 17.8 Å². The molecule has 0 atom stereocenters. The molecule has 4 amide bonds. The van der Waals surface area contributed by atoms with Crippen molar-refractivity contribution < 1.29 is 14.4 Å². The topological polar surface area (TPSA) is 93.8 Å². The van der Waals surface area contributed by atoms with E-state index in [1.807, 2.05) is 60.4 Å².